The van der Waals surface area contributed by atoms with Crippen LogP contribution < -0.4 is 4.57 Å². The lowest BCUT2D eigenvalue weighted by atomic mass is 9.85. The van der Waals surface area contributed by atoms with Gasteiger partial charge in [-0.15, -0.1) is 0 Å². The van der Waals surface area contributed by atoms with Crippen LogP contribution in [0.4, 0.5) is 0 Å². The molecule has 0 spiro atoms. The maximum absolute atomic E-state index is 12.6. The molecule has 0 bridgehead atoms. The van der Waals surface area contributed by atoms with Crippen molar-refractivity contribution in [3.05, 3.63) is 65.0 Å². The fraction of sp³-hybridized carbons (Fsp3) is 0.455. The summed E-state index contributed by atoms with van der Waals surface area (Å²) < 4.78 is 2.07. The van der Waals surface area contributed by atoms with E-state index in [1.165, 1.54) is 54.4 Å². The van der Waals surface area contributed by atoms with Gasteiger partial charge in [0.25, 0.3) is 0 Å². The number of pyridine rings is 1. The molecule has 126 valence electrons. The Hall–Kier alpha value is -1.96. The Labute approximate surface area is 145 Å². The Morgan fingerprint density at radius 3 is 2.46 bits per heavy atom. The first-order valence-electron chi connectivity index (χ1n) is 9.19. The number of benzene rings is 1. The lowest BCUT2D eigenvalue weighted by molar-refractivity contribution is -0.684. The van der Waals surface area contributed by atoms with Crippen LogP contribution in [0.5, 0.6) is 0 Å². The van der Waals surface area contributed by atoms with E-state index in [9.17, 15) is 4.79 Å². The smallest absolute Gasteiger partial charge is 0.206 e. The minimum Gasteiger partial charge on any atom is -0.292 e. The summed E-state index contributed by atoms with van der Waals surface area (Å²) in [5, 5.41) is 0. The second kappa shape index (κ2) is 7.74. The molecule has 1 aromatic carbocycles. The largest absolute Gasteiger partial charge is 0.292 e. The van der Waals surface area contributed by atoms with E-state index in [1.54, 1.807) is 0 Å². The van der Waals surface area contributed by atoms with Crippen LogP contribution in [0.3, 0.4) is 0 Å². The first-order valence-corrected chi connectivity index (χ1v) is 9.19. The van der Waals surface area contributed by atoms with Gasteiger partial charge in [-0.2, -0.15) is 4.57 Å². The summed E-state index contributed by atoms with van der Waals surface area (Å²) >= 11 is 0. The van der Waals surface area contributed by atoms with Crippen LogP contribution in [0, 0.1) is 13.8 Å². The number of hydrogen-bond acceptors (Lipinski definition) is 1. The van der Waals surface area contributed by atoms with Gasteiger partial charge < -0.3 is 0 Å². The number of Topliss-reactive ketones (excluding diaryl/α,β-unsaturated/α-hetero) is 1. The molecule has 0 aliphatic heterocycles. The predicted molar refractivity (Wildman–Crippen MR) is 97.1 cm³/mol. The Morgan fingerprint density at radius 2 is 1.75 bits per heavy atom. The third-order valence-corrected chi connectivity index (χ3v) is 5.34. The van der Waals surface area contributed by atoms with Gasteiger partial charge in [-0.3, -0.25) is 4.79 Å². The summed E-state index contributed by atoms with van der Waals surface area (Å²) in [5.41, 5.74) is 5.01. The summed E-state index contributed by atoms with van der Waals surface area (Å²) in [6.45, 7) is 4.65. The van der Waals surface area contributed by atoms with Crippen molar-refractivity contribution in [1.82, 2.24) is 0 Å². The van der Waals surface area contributed by atoms with Gasteiger partial charge in [0.15, 0.2) is 12.4 Å². The van der Waals surface area contributed by atoms with Crippen molar-refractivity contribution in [2.24, 2.45) is 0 Å². The van der Waals surface area contributed by atoms with Gasteiger partial charge in [0.05, 0.1) is 0 Å². The molecule has 2 nitrogen and oxygen atoms in total. The normalized spacial score (nSPS) is 15.4. The highest BCUT2D eigenvalue weighted by Gasteiger charge is 2.19. The molecule has 0 atom stereocenters. The Morgan fingerprint density at radius 1 is 1.04 bits per heavy atom. The van der Waals surface area contributed by atoms with Gasteiger partial charge in [0.2, 0.25) is 12.3 Å². The van der Waals surface area contributed by atoms with E-state index in [0.29, 0.717) is 18.9 Å². The quantitative estimate of drug-likeness (QED) is 0.745. The van der Waals surface area contributed by atoms with E-state index in [2.05, 4.69) is 54.9 Å². The molecule has 2 heteroatoms. The van der Waals surface area contributed by atoms with Crippen molar-refractivity contribution in [2.75, 3.05) is 0 Å². The second-order valence-electron chi connectivity index (χ2n) is 7.23. The molecule has 1 fully saturated rings. The number of carbonyl (C=O) groups is 1. The monoisotopic (exact) mass is 322 g/mol. The van der Waals surface area contributed by atoms with E-state index in [1.807, 2.05) is 6.20 Å². The molecule has 1 aliphatic carbocycles. The van der Waals surface area contributed by atoms with Gasteiger partial charge in [-0.25, -0.2) is 0 Å². The minimum atomic E-state index is 0.276. The summed E-state index contributed by atoms with van der Waals surface area (Å²) in [7, 11) is 0. The molecule has 3 rings (SSSR count). The van der Waals surface area contributed by atoms with E-state index >= 15 is 0 Å². The molecular weight excluding hydrogens is 294 g/mol. The van der Waals surface area contributed by atoms with Crippen LogP contribution in [0.2, 0.25) is 0 Å². The maximum Gasteiger partial charge on any atom is 0.206 e. The van der Waals surface area contributed by atoms with Gasteiger partial charge in [-0.05, 0) is 55.4 Å². The van der Waals surface area contributed by atoms with Gasteiger partial charge >= 0.3 is 0 Å². The van der Waals surface area contributed by atoms with Gasteiger partial charge in [-0.1, -0.05) is 37.5 Å². The van der Waals surface area contributed by atoms with Crippen LogP contribution in [0.1, 0.15) is 60.3 Å². The number of hydrogen-bond donors (Lipinski definition) is 0. The Bertz CT molecular complexity index is 693. The van der Waals surface area contributed by atoms with Gasteiger partial charge in [0, 0.05) is 18.1 Å². The number of carbonyl (C=O) groups excluding carboxylic acids is 1. The number of nitrogens with zero attached hydrogens (tertiary/aromatic N) is 1. The highest BCUT2D eigenvalue weighted by atomic mass is 16.1. The van der Waals surface area contributed by atoms with Crippen molar-refractivity contribution in [3.8, 4) is 0 Å². The van der Waals surface area contributed by atoms with Crippen LogP contribution in [-0.4, -0.2) is 5.78 Å². The molecule has 0 saturated heterocycles. The van der Waals surface area contributed by atoms with Crippen LogP contribution in [0.15, 0.2) is 42.7 Å². The van der Waals surface area contributed by atoms with E-state index < -0.39 is 0 Å². The standard InChI is InChI=1S/C22H28NO/c1-17-8-6-9-18(2)22(17)14-21(24)16-23-13-7-12-20(15-23)19-10-4-3-5-11-19/h6-9,12-13,15,19H,3-5,10-11,14,16H2,1-2H3/q+1. The Kier molecular flexibility index (Phi) is 5.44. The summed E-state index contributed by atoms with van der Waals surface area (Å²) in [6, 6.07) is 10.6. The van der Waals surface area contributed by atoms with Crippen LogP contribution >= 0.6 is 0 Å². The third-order valence-electron chi connectivity index (χ3n) is 5.34. The fourth-order valence-electron chi connectivity index (χ4n) is 3.90. The number of aromatic nitrogens is 1. The highest BCUT2D eigenvalue weighted by molar-refractivity contribution is 5.80. The molecular formula is C22H28NO+. The average molecular weight is 322 g/mol. The third kappa shape index (κ3) is 4.11. The lowest BCUT2D eigenvalue weighted by Gasteiger charge is -2.20. The zero-order valence-electron chi connectivity index (χ0n) is 14.9. The number of rotatable bonds is 5. The van der Waals surface area contributed by atoms with Crippen molar-refractivity contribution in [1.29, 1.82) is 0 Å². The fourth-order valence-corrected chi connectivity index (χ4v) is 3.90. The molecule has 0 unspecified atom stereocenters. The molecule has 2 aromatic rings. The first kappa shape index (κ1) is 16.9. The lowest BCUT2D eigenvalue weighted by Crippen LogP contribution is -2.38. The number of aryl methyl sites for hydroxylation is 2. The van der Waals surface area contributed by atoms with E-state index in [4.69, 9.17) is 0 Å². The molecule has 1 heterocycles. The molecule has 24 heavy (non-hydrogen) atoms. The molecule has 1 aromatic heterocycles. The highest BCUT2D eigenvalue weighted by Crippen LogP contribution is 2.31. The molecule has 0 N–H and O–H groups in total. The van der Waals surface area contributed by atoms with Crippen LogP contribution in [-0.2, 0) is 17.8 Å². The van der Waals surface area contributed by atoms with Crippen molar-refractivity contribution < 1.29 is 9.36 Å². The number of ketones is 1. The summed E-state index contributed by atoms with van der Waals surface area (Å²) in [4.78, 5) is 12.6. The molecule has 1 aliphatic rings. The maximum atomic E-state index is 12.6. The summed E-state index contributed by atoms with van der Waals surface area (Å²) in [6.07, 6.45) is 11.4. The minimum absolute atomic E-state index is 0.276. The average Bonchev–Trinajstić information content (AvgIpc) is 2.59. The second-order valence-corrected chi connectivity index (χ2v) is 7.23. The molecule has 0 radical (unpaired) electrons. The van der Waals surface area contributed by atoms with E-state index in [0.717, 1.165) is 0 Å². The predicted octanol–water partition coefficient (Wildman–Crippen LogP) is 4.45. The van der Waals surface area contributed by atoms with Crippen molar-refractivity contribution in [3.63, 3.8) is 0 Å². The Balaban J connectivity index is 1.68. The topological polar surface area (TPSA) is 20.9 Å². The SMILES string of the molecule is Cc1cccc(C)c1CC(=O)C[n+]1cccc(C2CCCCC2)c1. The summed E-state index contributed by atoms with van der Waals surface area (Å²) in [5.74, 6) is 0.957. The van der Waals surface area contributed by atoms with Gasteiger partial charge in [0.1, 0.15) is 0 Å². The van der Waals surface area contributed by atoms with Crippen LogP contribution in [0.25, 0.3) is 0 Å². The first-order chi connectivity index (χ1) is 11.6. The zero-order chi connectivity index (χ0) is 16.9. The van der Waals surface area contributed by atoms with E-state index in [-0.39, 0.29) is 5.78 Å². The van der Waals surface area contributed by atoms with Crippen molar-refractivity contribution >= 4 is 5.78 Å². The van der Waals surface area contributed by atoms with Crippen molar-refractivity contribution in [2.45, 2.75) is 64.8 Å². The molecule has 0 amide bonds. The zero-order valence-corrected chi connectivity index (χ0v) is 14.9. The molecule has 1 saturated carbocycles.